The van der Waals surface area contributed by atoms with Gasteiger partial charge in [0.15, 0.2) is 0 Å². The average molecular weight is 288 g/mol. The highest BCUT2D eigenvalue weighted by molar-refractivity contribution is 5.53. The van der Waals surface area contributed by atoms with Crippen molar-refractivity contribution in [2.24, 2.45) is 11.8 Å². The van der Waals surface area contributed by atoms with Crippen molar-refractivity contribution in [3.05, 3.63) is 29.6 Å². The summed E-state index contributed by atoms with van der Waals surface area (Å²) in [7, 11) is 0. The Balaban J connectivity index is 1.94. The third-order valence-corrected chi connectivity index (χ3v) is 4.92. The number of halogens is 1. The third-order valence-electron chi connectivity index (χ3n) is 4.92. The van der Waals surface area contributed by atoms with Gasteiger partial charge in [-0.3, -0.25) is 0 Å². The van der Waals surface area contributed by atoms with Crippen LogP contribution in [-0.2, 0) is 0 Å². The number of benzene rings is 1. The van der Waals surface area contributed by atoms with Crippen molar-refractivity contribution in [1.82, 2.24) is 0 Å². The van der Waals surface area contributed by atoms with E-state index in [2.05, 4.69) is 18.7 Å². The van der Waals surface area contributed by atoms with Crippen molar-refractivity contribution in [3.63, 3.8) is 0 Å². The zero-order valence-corrected chi connectivity index (χ0v) is 12.5. The SMILES string of the molecule is CC(C)C1N(c2ccc(C#N)c(F)c2)CCC1(O)C1CC1. The van der Waals surface area contributed by atoms with Gasteiger partial charge in [0.25, 0.3) is 0 Å². The van der Waals surface area contributed by atoms with Crippen LogP contribution in [-0.4, -0.2) is 23.3 Å². The molecular formula is C17H21FN2O. The van der Waals surface area contributed by atoms with Crippen LogP contribution in [0.3, 0.4) is 0 Å². The van der Waals surface area contributed by atoms with Crippen LogP contribution in [0.5, 0.6) is 0 Å². The largest absolute Gasteiger partial charge is 0.387 e. The molecule has 2 fully saturated rings. The molecule has 1 aliphatic carbocycles. The van der Waals surface area contributed by atoms with E-state index in [0.29, 0.717) is 5.92 Å². The second kappa shape index (κ2) is 4.99. The van der Waals surface area contributed by atoms with Crippen molar-refractivity contribution < 1.29 is 9.50 Å². The molecule has 1 aromatic carbocycles. The molecule has 21 heavy (non-hydrogen) atoms. The first-order valence-electron chi connectivity index (χ1n) is 7.66. The lowest BCUT2D eigenvalue weighted by Gasteiger charge is -2.38. The van der Waals surface area contributed by atoms with Gasteiger partial charge in [0, 0.05) is 12.2 Å². The van der Waals surface area contributed by atoms with Gasteiger partial charge in [0.1, 0.15) is 11.9 Å². The monoisotopic (exact) mass is 288 g/mol. The Hall–Kier alpha value is -1.60. The predicted molar refractivity (Wildman–Crippen MR) is 79.4 cm³/mol. The first-order valence-corrected chi connectivity index (χ1v) is 7.66. The Morgan fingerprint density at radius 2 is 2.14 bits per heavy atom. The van der Waals surface area contributed by atoms with Crippen molar-refractivity contribution >= 4 is 5.69 Å². The van der Waals surface area contributed by atoms with Crippen molar-refractivity contribution in [2.45, 2.75) is 44.8 Å². The molecule has 0 amide bonds. The fourth-order valence-electron chi connectivity index (χ4n) is 3.89. The van der Waals surface area contributed by atoms with Gasteiger partial charge in [0.05, 0.1) is 17.2 Å². The summed E-state index contributed by atoms with van der Waals surface area (Å²) >= 11 is 0. The maximum absolute atomic E-state index is 13.9. The number of nitrogens with zero attached hydrogens (tertiary/aromatic N) is 2. The smallest absolute Gasteiger partial charge is 0.143 e. The number of hydrogen-bond donors (Lipinski definition) is 1. The molecule has 4 heteroatoms. The summed E-state index contributed by atoms with van der Waals surface area (Å²) in [5, 5.41) is 19.9. The molecule has 0 aromatic heterocycles. The summed E-state index contributed by atoms with van der Waals surface area (Å²) in [5.74, 6) is 0.189. The van der Waals surface area contributed by atoms with Crippen LogP contribution in [0, 0.1) is 29.0 Å². The minimum atomic E-state index is -0.654. The fraction of sp³-hybridized carbons (Fsp3) is 0.588. The molecule has 3 nitrogen and oxygen atoms in total. The van der Waals surface area contributed by atoms with Crippen LogP contribution in [0.15, 0.2) is 18.2 Å². The molecule has 112 valence electrons. The molecule has 1 aromatic rings. The van der Waals surface area contributed by atoms with E-state index >= 15 is 0 Å². The Morgan fingerprint density at radius 1 is 1.43 bits per heavy atom. The fourth-order valence-corrected chi connectivity index (χ4v) is 3.89. The Bertz CT molecular complexity index is 591. The first kappa shape index (κ1) is 14.3. The highest BCUT2D eigenvalue weighted by Gasteiger charge is 2.55. The normalized spacial score (nSPS) is 29.0. The van der Waals surface area contributed by atoms with E-state index in [1.54, 1.807) is 6.07 Å². The topological polar surface area (TPSA) is 47.3 Å². The van der Waals surface area contributed by atoms with E-state index in [0.717, 1.165) is 31.5 Å². The summed E-state index contributed by atoms with van der Waals surface area (Å²) in [5.41, 5.74) is 0.178. The molecule has 1 saturated heterocycles. The zero-order chi connectivity index (χ0) is 15.2. The Labute approximate surface area is 125 Å². The molecule has 1 saturated carbocycles. The number of hydrogen-bond acceptors (Lipinski definition) is 3. The van der Waals surface area contributed by atoms with Gasteiger partial charge < -0.3 is 10.0 Å². The Kier molecular flexibility index (Phi) is 3.41. The highest BCUT2D eigenvalue weighted by Crippen LogP contribution is 2.50. The minimum Gasteiger partial charge on any atom is -0.387 e. The van der Waals surface area contributed by atoms with Crippen LogP contribution in [0.1, 0.15) is 38.7 Å². The molecule has 3 rings (SSSR count). The molecule has 1 N–H and O–H groups in total. The molecule has 2 atom stereocenters. The first-order chi connectivity index (χ1) is 9.97. The lowest BCUT2D eigenvalue weighted by atomic mass is 9.83. The minimum absolute atomic E-state index is 0.0114. The maximum atomic E-state index is 13.9. The van der Waals surface area contributed by atoms with Crippen LogP contribution in [0.25, 0.3) is 0 Å². The van der Waals surface area contributed by atoms with Gasteiger partial charge >= 0.3 is 0 Å². The number of rotatable bonds is 3. The molecule has 0 spiro atoms. The number of nitriles is 1. The summed E-state index contributed by atoms with van der Waals surface area (Å²) in [6, 6.07) is 6.59. The van der Waals surface area contributed by atoms with Gasteiger partial charge in [0.2, 0.25) is 0 Å². The second-order valence-electron chi connectivity index (χ2n) is 6.67. The van der Waals surface area contributed by atoms with E-state index in [1.807, 2.05) is 6.07 Å². The van der Waals surface area contributed by atoms with Gasteiger partial charge in [-0.25, -0.2) is 4.39 Å². The van der Waals surface area contributed by atoms with Crippen molar-refractivity contribution in [1.29, 1.82) is 5.26 Å². The summed E-state index contributed by atoms with van der Waals surface area (Å²) < 4.78 is 13.9. The van der Waals surface area contributed by atoms with Gasteiger partial charge in [-0.15, -0.1) is 0 Å². The highest BCUT2D eigenvalue weighted by atomic mass is 19.1. The van der Waals surface area contributed by atoms with E-state index in [9.17, 15) is 9.50 Å². The summed E-state index contributed by atoms with van der Waals surface area (Å²) in [6.45, 7) is 4.95. The summed E-state index contributed by atoms with van der Waals surface area (Å²) in [4.78, 5) is 2.12. The predicted octanol–water partition coefficient (Wildman–Crippen LogP) is 3.07. The van der Waals surface area contributed by atoms with Crippen molar-refractivity contribution in [2.75, 3.05) is 11.4 Å². The van der Waals surface area contributed by atoms with E-state index in [1.165, 1.54) is 12.1 Å². The molecule has 2 aliphatic rings. The van der Waals surface area contributed by atoms with Gasteiger partial charge in [-0.05, 0) is 49.3 Å². The second-order valence-corrected chi connectivity index (χ2v) is 6.67. The quantitative estimate of drug-likeness (QED) is 0.930. The average Bonchev–Trinajstić information content (AvgIpc) is 3.23. The molecule has 2 unspecified atom stereocenters. The lowest BCUT2D eigenvalue weighted by Crippen LogP contribution is -2.49. The van der Waals surface area contributed by atoms with Crippen LogP contribution >= 0.6 is 0 Å². The van der Waals surface area contributed by atoms with Crippen LogP contribution in [0.4, 0.5) is 10.1 Å². The number of anilines is 1. The lowest BCUT2D eigenvalue weighted by molar-refractivity contribution is -0.00294. The van der Waals surface area contributed by atoms with E-state index in [-0.39, 0.29) is 17.5 Å². The molecule has 1 aliphatic heterocycles. The van der Waals surface area contributed by atoms with Crippen LogP contribution < -0.4 is 4.90 Å². The molecule has 1 heterocycles. The molecule has 0 radical (unpaired) electrons. The van der Waals surface area contributed by atoms with Crippen LogP contribution in [0.2, 0.25) is 0 Å². The summed E-state index contributed by atoms with van der Waals surface area (Å²) in [6.07, 6.45) is 2.92. The Morgan fingerprint density at radius 3 is 2.67 bits per heavy atom. The van der Waals surface area contributed by atoms with E-state index in [4.69, 9.17) is 5.26 Å². The van der Waals surface area contributed by atoms with Gasteiger partial charge in [-0.2, -0.15) is 5.26 Å². The molecular weight excluding hydrogens is 267 g/mol. The standard InChI is InChI=1S/C17H21FN2O/c1-11(2)16-17(21,13-4-5-13)7-8-20(16)14-6-3-12(10-19)15(18)9-14/h3,6,9,11,13,16,21H,4-5,7-8H2,1-2H3. The van der Waals surface area contributed by atoms with E-state index < -0.39 is 11.4 Å². The third kappa shape index (κ3) is 2.30. The number of aliphatic hydroxyl groups is 1. The molecule has 0 bridgehead atoms. The maximum Gasteiger partial charge on any atom is 0.143 e. The van der Waals surface area contributed by atoms with Crippen molar-refractivity contribution in [3.8, 4) is 6.07 Å². The zero-order valence-electron chi connectivity index (χ0n) is 12.5. The van der Waals surface area contributed by atoms with Gasteiger partial charge in [-0.1, -0.05) is 13.8 Å².